The smallest absolute Gasteiger partial charge is 0.328 e. The number of amides is 4. The maximum Gasteiger partial charge on any atom is 0.328 e. The van der Waals surface area contributed by atoms with Crippen LogP contribution in [-0.2, 0) is 19.4 Å². The van der Waals surface area contributed by atoms with Crippen LogP contribution < -0.4 is 15.4 Å². The molecule has 2 aliphatic rings. The fourth-order valence-corrected chi connectivity index (χ4v) is 5.98. The Morgan fingerprint density at radius 1 is 1.06 bits per heavy atom. The van der Waals surface area contributed by atoms with Crippen molar-refractivity contribution in [3.05, 3.63) is 29.6 Å². The third-order valence-corrected chi connectivity index (χ3v) is 8.13. The van der Waals surface area contributed by atoms with Gasteiger partial charge >= 0.3 is 6.03 Å². The number of unbranched alkanes of at least 4 members (excludes halogenated alkanes) is 2. The second kappa shape index (κ2) is 11.3. The van der Waals surface area contributed by atoms with E-state index in [1.54, 1.807) is 12.1 Å². The average molecular weight is 497 g/mol. The van der Waals surface area contributed by atoms with E-state index >= 15 is 0 Å². The summed E-state index contributed by atoms with van der Waals surface area (Å²) >= 11 is 0. The summed E-state index contributed by atoms with van der Waals surface area (Å²) in [6.07, 6.45) is 3.86. The summed E-state index contributed by atoms with van der Waals surface area (Å²) in [4.78, 5) is 34.6. The van der Waals surface area contributed by atoms with E-state index in [1.165, 1.54) is 6.07 Å². The number of hydrogen-bond donors (Lipinski definition) is 2. The van der Waals surface area contributed by atoms with Crippen LogP contribution in [0.3, 0.4) is 0 Å². The van der Waals surface area contributed by atoms with Gasteiger partial charge in [-0.2, -0.15) is 0 Å². The van der Waals surface area contributed by atoms with Gasteiger partial charge in [0.1, 0.15) is 5.92 Å². The molecule has 10 heteroatoms. The van der Waals surface area contributed by atoms with E-state index in [1.807, 2.05) is 13.8 Å². The molecule has 1 heterocycles. The Bertz CT molecular complexity index is 1000. The highest BCUT2D eigenvalue weighted by Gasteiger charge is 2.33. The van der Waals surface area contributed by atoms with Crippen LogP contribution in [0.5, 0.6) is 5.75 Å². The lowest BCUT2D eigenvalue weighted by Crippen LogP contribution is -2.55. The SMILES string of the molecule is CC(C)[C@@H](CS(=O)(=O)CCCCCC1C(=O)NC(=O)NC1=O)c1ccc(F)c(OCC2CC2)c1. The van der Waals surface area contributed by atoms with Crippen LogP contribution in [0.25, 0.3) is 0 Å². The first-order valence-electron chi connectivity index (χ1n) is 11.8. The number of imide groups is 2. The Morgan fingerprint density at radius 3 is 2.35 bits per heavy atom. The molecule has 1 aromatic carbocycles. The van der Waals surface area contributed by atoms with Gasteiger partial charge in [-0.15, -0.1) is 0 Å². The lowest BCUT2D eigenvalue weighted by Gasteiger charge is -2.22. The predicted molar refractivity (Wildman–Crippen MR) is 124 cm³/mol. The average Bonchev–Trinajstić information content (AvgIpc) is 3.57. The summed E-state index contributed by atoms with van der Waals surface area (Å²) < 4.78 is 45.5. The second-order valence-electron chi connectivity index (χ2n) is 9.62. The molecule has 1 aromatic rings. The van der Waals surface area contributed by atoms with Crippen molar-refractivity contribution in [3.63, 3.8) is 0 Å². The number of hydrogen-bond acceptors (Lipinski definition) is 6. The lowest BCUT2D eigenvalue weighted by molar-refractivity contribution is -0.136. The first-order valence-corrected chi connectivity index (χ1v) is 13.7. The van der Waals surface area contributed by atoms with E-state index in [0.29, 0.717) is 31.8 Å². The molecule has 1 saturated carbocycles. The Kier molecular flexibility index (Phi) is 8.67. The first-order chi connectivity index (χ1) is 16.1. The van der Waals surface area contributed by atoms with Crippen molar-refractivity contribution in [2.75, 3.05) is 18.1 Å². The summed E-state index contributed by atoms with van der Waals surface area (Å²) in [7, 11) is -3.38. The Morgan fingerprint density at radius 2 is 1.74 bits per heavy atom. The van der Waals surface area contributed by atoms with E-state index in [4.69, 9.17) is 4.74 Å². The fraction of sp³-hybridized carbons (Fsp3) is 0.625. The summed E-state index contributed by atoms with van der Waals surface area (Å²) in [5, 5.41) is 4.12. The van der Waals surface area contributed by atoms with Gasteiger partial charge in [0.2, 0.25) is 11.8 Å². The molecule has 0 bridgehead atoms. The van der Waals surface area contributed by atoms with Crippen molar-refractivity contribution in [2.24, 2.45) is 17.8 Å². The minimum absolute atomic E-state index is 0.00992. The fourth-order valence-electron chi connectivity index (χ4n) is 4.04. The van der Waals surface area contributed by atoms with Crippen LogP contribution in [-0.4, -0.2) is 44.4 Å². The Labute approximate surface area is 199 Å². The normalized spacial score (nSPS) is 18.1. The van der Waals surface area contributed by atoms with Gasteiger partial charge in [-0.05, 0) is 55.2 Å². The van der Waals surface area contributed by atoms with Crippen molar-refractivity contribution in [3.8, 4) is 5.75 Å². The quantitative estimate of drug-likeness (QED) is 0.319. The van der Waals surface area contributed by atoms with E-state index in [2.05, 4.69) is 10.6 Å². The number of halogens is 1. The largest absolute Gasteiger partial charge is 0.490 e. The van der Waals surface area contributed by atoms with Crippen molar-refractivity contribution in [1.82, 2.24) is 10.6 Å². The molecule has 1 saturated heterocycles. The van der Waals surface area contributed by atoms with Crippen LogP contribution in [0.2, 0.25) is 0 Å². The molecule has 2 N–H and O–H groups in total. The number of benzene rings is 1. The molecule has 0 radical (unpaired) electrons. The highest BCUT2D eigenvalue weighted by atomic mass is 32.2. The summed E-state index contributed by atoms with van der Waals surface area (Å²) in [6.45, 7) is 4.37. The predicted octanol–water partition coefficient (Wildman–Crippen LogP) is 3.31. The molecule has 1 aliphatic heterocycles. The van der Waals surface area contributed by atoms with Crippen LogP contribution >= 0.6 is 0 Å². The van der Waals surface area contributed by atoms with E-state index < -0.39 is 39.4 Å². The third-order valence-electron chi connectivity index (χ3n) is 6.35. The Balaban J connectivity index is 1.50. The number of nitrogens with one attached hydrogen (secondary N) is 2. The molecular weight excluding hydrogens is 463 g/mol. The zero-order chi connectivity index (χ0) is 24.9. The second-order valence-corrected chi connectivity index (χ2v) is 11.8. The van der Waals surface area contributed by atoms with Crippen molar-refractivity contribution in [1.29, 1.82) is 0 Å². The first kappa shape index (κ1) is 26.1. The van der Waals surface area contributed by atoms with Gasteiger partial charge in [-0.3, -0.25) is 20.2 Å². The summed E-state index contributed by atoms with van der Waals surface area (Å²) in [5.41, 5.74) is 0.745. The number of barbiturate groups is 1. The van der Waals surface area contributed by atoms with Crippen molar-refractivity contribution < 1.29 is 31.9 Å². The van der Waals surface area contributed by atoms with Gasteiger partial charge in [0, 0.05) is 5.92 Å². The molecule has 0 unspecified atom stereocenters. The van der Waals surface area contributed by atoms with Crippen LogP contribution in [0.15, 0.2) is 18.2 Å². The molecular formula is C24H33FN2O6S. The molecule has 188 valence electrons. The van der Waals surface area contributed by atoms with Gasteiger partial charge in [0.25, 0.3) is 0 Å². The molecule has 2 fully saturated rings. The van der Waals surface area contributed by atoms with Gasteiger partial charge < -0.3 is 4.74 Å². The monoisotopic (exact) mass is 496 g/mol. The van der Waals surface area contributed by atoms with E-state index in [9.17, 15) is 27.2 Å². The van der Waals surface area contributed by atoms with Crippen LogP contribution in [0, 0.1) is 23.6 Å². The third kappa shape index (κ3) is 7.51. The van der Waals surface area contributed by atoms with Gasteiger partial charge in [0.05, 0.1) is 18.1 Å². The number of carbonyl (C=O) groups is 3. The number of ether oxygens (including phenoxy) is 1. The van der Waals surface area contributed by atoms with Crippen molar-refractivity contribution >= 4 is 27.7 Å². The number of urea groups is 1. The Hall–Kier alpha value is -2.49. The van der Waals surface area contributed by atoms with Gasteiger partial charge in [-0.25, -0.2) is 17.6 Å². The highest BCUT2D eigenvalue weighted by molar-refractivity contribution is 7.91. The molecule has 3 rings (SSSR count). The number of sulfone groups is 1. The summed E-state index contributed by atoms with van der Waals surface area (Å²) in [5.74, 6) is -2.30. The van der Waals surface area contributed by atoms with Crippen LogP contribution in [0.4, 0.5) is 9.18 Å². The highest BCUT2D eigenvalue weighted by Crippen LogP contribution is 2.33. The maximum absolute atomic E-state index is 14.2. The molecule has 1 aliphatic carbocycles. The lowest BCUT2D eigenvalue weighted by atomic mass is 9.90. The molecule has 0 aromatic heterocycles. The number of carbonyl (C=O) groups excluding carboxylic acids is 3. The molecule has 34 heavy (non-hydrogen) atoms. The zero-order valence-corrected chi connectivity index (χ0v) is 20.5. The topological polar surface area (TPSA) is 119 Å². The number of rotatable bonds is 13. The van der Waals surface area contributed by atoms with E-state index in [-0.39, 0.29) is 35.5 Å². The molecule has 0 spiro atoms. The minimum atomic E-state index is -3.38. The van der Waals surface area contributed by atoms with Crippen molar-refractivity contribution in [2.45, 2.75) is 58.3 Å². The minimum Gasteiger partial charge on any atom is -0.490 e. The summed E-state index contributed by atoms with van der Waals surface area (Å²) in [6, 6.07) is 3.78. The van der Waals surface area contributed by atoms with Crippen LogP contribution in [0.1, 0.15) is 63.9 Å². The van der Waals surface area contributed by atoms with E-state index in [0.717, 1.165) is 18.4 Å². The molecule has 4 amide bonds. The zero-order valence-electron chi connectivity index (χ0n) is 19.6. The maximum atomic E-state index is 14.2. The van der Waals surface area contributed by atoms with Gasteiger partial charge in [0.15, 0.2) is 21.4 Å². The molecule has 1 atom stereocenters. The van der Waals surface area contributed by atoms with Gasteiger partial charge in [-0.1, -0.05) is 32.8 Å². The standard InChI is InChI=1S/C24H33FN2O6S/c1-15(2)19(17-9-10-20(25)21(12-17)33-13-16-7-8-16)14-34(31,32)11-5-3-4-6-18-22(28)26-24(30)27-23(18)29/h9-10,12,15-16,18-19H,3-8,11,13-14H2,1-2H3,(H2,26,27,28,29,30)/t19-/m1/s1. The molecule has 8 nitrogen and oxygen atoms in total.